The van der Waals surface area contributed by atoms with Gasteiger partial charge in [-0.25, -0.2) is 0 Å². The summed E-state index contributed by atoms with van der Waals surface area (Å²) in [4.78, 5) is 3.59. The van der Waals surface area contributed by atoms with Gasteiger partial charge in [0.1, 0.15) is 0 Å². The quantitative estimate of drug-likeness (QED) is 0.544. The average molecular weight is 285 g/mol. The Morgan fingerprint density at radius 2 is 1.86 bits per heavy atom. The fourth-order valence-electron chi connectivity index (χ4n) is 4.37. The first-order valence-corrected chi connectivity index (χ1v) is 8.12. The van der Waals surface area contributed by atoms with Crippen LogP contribution in [0, 0.1) is 0 Å². The molecular weight excluding hydrogens is 266 g/mol. The van der Waals surface area contributed by atoms with Crippen molar-refractivity contribution in [2.45, 2.75) is 32.1 Å². The Labute approximate surface area is 130 Å². The number of para-hydroxylation sites is 1. The summed E-state index contributed by atoms with van der Waals surface area (Å²) < 4.78 is 0. The van der Waals surface area contributed by atoms with E-state index in [9.17, 15) is 0 Å². The van der Waals surface area contributed by atoms with Crippen molar-refractivity contribution in [3.63, 3.8) is 0 Å². The number of nitrogens with one attached hydrogen (secondary N) is 1. The molecule has 22 heavy (non-hydrogen) atoms. The van der Waals surface area contributed by atoms with E-state index >= 15 is 0 Å². The second-order valence-corrected chi connectivity index (χ2v) is 7.07. The molecule has 0 fully saturated rings. The van der Waals surface area contributed by atoms with E-state index in [1.807, 2.05) is 0 Å². The minimum Gasteiger partial charge on any atom is -0.355 e. The highest BCUT2D eigenvalue weighted by Crippen LogP contribution is 2.51. The molecule has 2 aliphatic rings. The average Bonchev–Trinajstić information content (AvgIpc) is 3.00. The maximum absolute atomic E-state index is 3.59. The fraction of sp³-hybridized carbons (Fsp3) is 0.238. The molecule has 2 aromatic carbocycles. The van der Waals surface area contributed by atoms with E-state index in [0.29, 0.717) is 0 Å². The Hall–Kier alpha value is -2.28. The van der Waals surface area contributed by atoms with Gasteiger partial charge in [-0.15, -0.1) is 0 Å². The Morgan fingerprint density at radius 3 is 2.77 bits per heavy atom. The van der Waals surface area contributed by atoms with E-state index in [2.05, 4.69) is 67.4 Å². The SMILES string of the molecule is CC1(C)C2=C(C=CCC2)c2cc3c(cc21)[nH]c1ccccc13. The van der Waals surface area contributed by atoms with Crippen molar-refractivity contribution in [1.29, 1.82) is 0 Å². The summed E-state index contributed by atoms with van der Waals surface area (Å²) in [5.74, 6) is 0. The molecule has 0 atom stereocenters. The number of aromatic nitrogens is 1. The van der Waals surface area contributed by atoms with Gasteiger partial charge < -0.3 is 4.98 Å². The Balaban J connectivity index is 1.90. The molecule has 0 aliphatic heterocycles. The Kier molecular flexibility index (Phi) is 2.19. The van der Waals surface area contributed by atoms with E-state index in [0.717, 1.165) is 0 Å². The lowest BCUT2D eigenvalue weighted by atomic mass is 9.78. The lowest BCUT2D eigenvalue weighted by Gasteiger charge is -2.25. The Morgan fingerprint density at radius 1 is 1.00 bits per heavy atom. The van der Waals surface area contributed by atoms with E-state index in [1.54, 1.807) is 5.57 Å². The highest BCUT2D eigenvalue weighted by molar-refractivity contribution is 6.09. The topological polar surface area (TPSA) is 15.8 Å². The zero-order chi connectivity index (χ0) is 14.9. The zero-order valence-electron chi connectivity index (χ0n) is 13.0. The molecule has 0 saturated carbocycles. The molecule has 0 bridgehead atoms. The predicted molar refractivity (Wildman–Crippen MR) is 94.1 cm³/mol. The summed E-state index contributed by atoms with van der Waals surface area (Å²) in [6.45, 7) is 4.75. The van der Waals surface area contributed by atoms with Crippen molar-refractivity contribution < 1.29 is 0 Å². The molecule has 1 heterocycles. The normalized spacial score (nSPS) is 19.0. The molecule has 0 amide bonds. The summed E-state index contributed by atoms with van der Waals surface area (Å²) in [5, 5.41) is 2.67. The summed E-state index contributed by atoms with van der Waals surface area (Å²) in [6.07, 6.45) is 7.04. The maximum atomic E-state index is 3.59. The van der Waals surface area contributed by atoms with Crippen molar-refractivity contribution in [1.82, 2.24) is 4.98 Å². The van der Waals surface area contributed by atoms with Crippen molar-refractivity contribution in [3.8, 4) is 0 Å². The highest BCUT2D eigenvalue weighted by Gasteiger charge is 2.37. The van der Waals surface area contributed by atoms with Gasteiger partial charge in [-0.1, -0.05) is 49.8 Å². The second kappa shape index (κ2) is 3.92. The van der Waals surface area contributed by atoms with Crippen LogP contribution in [0.15, 0.2) is 54.1 Å². The molecule has 3 aromatic rings. The molecule has 2 aliphatic carbocycles. The summed E-state index contributed by atoms with van der Waals surface area (Å²) in [6, 6.07) is 13.4. The number of fused-ring (bicyclic) bond motifs is 5. The van der Waals surface area contributed by atoms with Crippen LogP contribution in [0.25, 0.3) is 27.4 Å². The summed E-state index contributed by atoms with van der Waals surface area (Å²) in [7, 11) is 0. The van der Waals surface area contributed by atoms with Crippen molar-refractivity contribution >= 4 is 27.4 Å². The van der Waals surface area contributed by atoms with E-state index in [1.165, 1.54) is 51.3 Å². The van der Waals surface area contributed by atoms with Crippen LogP contribution in [0.3, 0.4) is 0 Å². The molecule has 0 saturated heterocycles. The van der Waals surface area contributed by atoms with Gasteiger partial charge in [0, 0.05) is 27.2 Å². The van der Waals surface area contributed by atoms with Crippen LogP contribution in [-0.2, 0) is 5.41 Å². The van der Waals surface area contributed by atoms with Crippen molar-refractivity contribution in [3.05, 3.63) is 65.3 Å². The van der Waals surface area contributed by atoms with Gasteiger partial charge in [-0.05, 0) is 47.7 Å². The van der Waals surface area contributed by atoms with Crippen LogP contribution < -0.4 is 0 Å². The van der Waals surface area contributed by atoms with Gasteiger partial charge >= 0.3 is 0 Å². The number of H-pyrrole nitrogens is 1. The van der Waals surface area contributed by atoms with Crippen LogP contribution in [0.2, 0.25) is 0 Å². The smallest absolute Gasteiger partial charge is 0.0468 e. The van der Waals surface area contributed by atoms with E-state index < -0.39 is 0 Å². The number of hydrogen-bond donors (Lipinski definition) is 1. The van der Waals surface area contributed by atoms with Crippen molar-refractivity contribution in [2.24, 2.45) is 0 Å². The third kappa shape index (κ3) is 1.39. The molecule has 5 rings (SSSR count). The monoisotopic (exact) mass is 285 g/mol. The summed E-state index contributed by atoms with van der Waals surface area (Å²) in [5.41, 5.74) is 8.64. The number of allylic oxidation sites excluding steroid dienone is 4. The zero-order valence-corrected chi connectivity index (χ0v) is 13.0. The van der Waals surface area contributed by atoms with Crippen molar-refractivity contribution in [2.75, 3.05) is 0 Å². The lowest BCUT2D eigenvalue weighted by molar-refractivity contribution is 0.608. The lowest BCUT2D eigenvalue weighted by Crippen LogP contribution is -2.17. The first kappa shape index (κ1) is 12.3. The second-order valence-electron chi connectivity index (χ2n) is 7.07. The minimum absolute atomic E-state index is 0.154. The largest absolute Gasteiger partial charge is 0.355 e. The molecule has 1 nitrogen and oxygen atoms in total. The molecular formula is C21H19N. The summed E-state index contributed by atoms with van der Waals surface area (Å²) >= 11 is 0. The van der Waals surface area contributed by atoms with Crippen LogP contribution in [0.4, 0.5) is 0 Å². The maximum Gasteiger partial charge on any atom is 0.0468 e. The van der Waals surface area contributed by atoms with Crippen LogP contribution >= 0.6 is 0 Å². The fourth-order valence-corrected chi connectivity index (χ4v) is 4.37. The van der Waals surface area contributed by atoms with E-state index in [4.69, 9.17) is 0 Å². The molecule has 1 heteroatoms. The number of hydrogen-bond acceptors (Lipinski definition) is 0. The van der Waals surface area contributed by atoms with Crippen LogP contribution in [-0.4, -0.2) is 4.98 Å². The third-order valence-electron chi connectivity index (χ3n) is 5.53. The number of rotatable bonds is 0. The number of aromatic amines is 1. The van der Waals surface area contributed by atoms with Gasteiger partial charge in [-0.3, -0.25) is 0 Å². The van der Waals surface area contributed by atoms with Gasteiger partial charge in [0.05, 0.1) is 0 Å². The van der Waals surface area contributed by atoms with Crippen LogP contribution in [0.1, 0.15) is 37.8 Å². The molecule has 0 radical (unpaired) electrons. The van der Waals surface area contributed by atoms with Gasteiger partial charge in [0.15, 0.2) is 0 Å². The third-order valence-corrected chi connectivity index (χ3v) is 5.53. The molecule has 108 valence electrons. The first-order valence-electron chi connectivity index (χ1n) is 8.12. The standard InChI is InChI=1S/C21H19N/c1-21(2)17-9-5-3-7-13(17)15-11-16-14-8-4-6-10-19(14)22-20(16)12-18(15)21/h3-4,6-8,10-12,22H,5,9H2,1-2H3. The van der Waals surface area contributed by atoms with Gasteiger partial charge in [-0.2, -0.15) is 0 Å². The predicted octanol–water partition coefficient (Wildman–Crippen LogP) is 5.72. The minimum atomic E-state index is 0.154. The van der Waals surface area contributed by atoms with E-state index in [-0.39, 0.29) is 5.41 Å². The highest BCUT2D eigenvalue weighted by atomic mass is 14.7. The molecule has 1 aromatic heterocycles. The molecule has 0 unspecified atom stereocenters. The van der Waals surface area contributed by atoms with Gasteiger partial charge in [0.2, 0.25) is 0 Å². The number of benzene rings is 2. The Bertz CT molecular complexity index is 995. The molecule has 0 spiro atoms. The molecule has 1 N–H and O–H groups in total. The first-order chi connectivity index (χ1) is 10.7. The van der Waals surface area contributed by atoms with Gasteiger partial charge in [0.25, 0.3) is 0 Å². The van der Waals surface area contributed by atoms with Crippen LogP contribution in [0.5, 0.6) is 0 Å².